The molecular formula is C34H39NO10. The zero-order valence-electron chi connectivity index (χ0n) is 26.4. The summed E-state index contributed by atoms with van der Waals surface area (Å²) in [5, 5.41) is 12.2. The highest BCUT2D eigenvalue weighted by atomic mass is 16.6. The monoisotopic (exact) mass is 621 g/mol. The number of esters is 3. The second-order valence-electron chi connectivity index (χ2n) is 12.9. The summed E-state index contributed by atoms with van der Waals surface area (Å²) in [6.07, 6.45) is 1.71. The molecule has 2 unspecified atom stereocenters. The molecule has 45 heavy (non-hydrogen) atoms. The number of pyridine rings is 1. The maximum atomic E-state index is 13.5. The van der Waals surface area contributed by atoms with E-state index in [2.05, 4.69) is 16.8 Å². The van der Waals surface area contributed by atoms with Crippen molar-refractivity contribution in [2.45, 2.75) is 91.1 Å². The van der Waals surface area contributed by atoms with Crippen molar-refractivity contribution >= 4 is 17.9 Å². The van der Waals surface area contributed by atoms with Crippen LogP contribution in [0.3, 0.4) is 0 Å². The van der Waals surface area contributed by atoms with Gasteiger partial charge in [0.1, 0.15) is 41.5 Å². The van der Waals surface area contributed by atoms with Crippen molar-refractivity contribution < 1.29 is 42.9 Å². The molecule has 8 atom stereocenters. The first-order valence-corrected chi connectivity index (χ1v) is 15.2. The minimum atomic E-state index is -1.38. The summed E-state index contributed by atoms with van der Waals surface area (Å²) in [5.41, 5.74) is -3.29. The Morgan fingerprint density at radius 2 is 1.89 bits per heavy atom. The van der Waals surface area contributed by atoms with Crippen LogP contribution in [0.4, 0.5) is 0 Å². The number of rotatable bonds is 5. The highest BCUT2D eigenvalue weighted by Crippen LogP contribution is 2.67. The first-order chi connectivity index (χ1) is 21.2. The maximum absolute atomic E-state index is 13.5. The molecule has 0 radical (unpaired) electrons. The second-order valence-corrected chi connectivity index (χ2v) is 12.9. The van der Waals surface area contributed by atoms with Gasteiger partial charge in [0.15, 0.2) is 0 Å². The topological polar surface area (TPSA) is 151 Å². The number of aliphatic hydroxyl groups excluding tert-OH is 1. The molecule has 2 aromatic rings. The Bertz CT molecular complexity index is 1610. The Morgan fingerprint density at radius 3 is 2.53 bits per heavy atom. The smallest absolute Gasteiger partial charge is 0.384 e. The van der Waals surface area contributed by atoms with E-state index in [9.17, 15) is 24.3 Å². The minimum Gasteiger partial charge on any atom is -0.482 e. The Morgan fingerprint density at radius 1 is 1.13 bits per heavy atom. The van der Waals surface area contributed by atoms with Gasteiger partial charge >= 0.3 is 23.5 Å². The van der Waals surface area contributed by atoms with Gasteiger partial charge < -0.3 is 28.5 Å². The SMILES string of the molecule is CCC#CC(=O)O[C@H]1CC2[C@](C)(CC[C@H](OC(C)=O)[C@@]2(C)COC(C)=O)C2[C@@H](O)c3c(cc(-c4cccnc4)oc3=O)O[C@@]21C. The first-order valence-electron chi connectivity index (χ1n) is 15.2. The zero-order valence-corrected chi connectivity index (χ0v) is 26.4. The van der Waals surface area contributed by atoms with E-state index in [1.165, 1.54) is 13.8 Å². The molecular weight excluding hydrogens is 582 g/mol. The molecule has 3 heterocycles. The number of hydrogen-bond acceptors (Lipinski definition) is 11. The van der Waals surface area contributed by atoms with Crippen molar-refractivity contribution in [2.24, 2.45) is 22.7 Å². The van der Waals surface area contributed by atoms with Crippen LogP contribution in [0, 0.1) is 34.5 Å². The lowest BCUT2D eigenvalue weighted by atomic mass is 9.42. The van der Waals surface area contributed by atoms with Crippen LogP contribution in [0.15, 0.2) is 39.8 Å². The first kappa shape index (κ1) is 32.2. The van der Waals surface area contributed by atoms with E-state index in [-0.39, 0.29) is 30.1 Å². The molecule has 0 amide bonds. The van der Waals surface area contributed by atoms with Gasteiger partial charge in [-0.3, -0.25) is 14.6 Å². The normalized spacial score (nSPS) is 33.1. The summed E-state index contributed by atoms with van der Waals surface area (Å²) in [5.74, 6) is 2.60. The molecule has 0 saturated heterocycles. The van der Waals surface area contributed by atoms with Crippen LogP contribution in [0.2, 0.25) is 0 Å². The highest BCUT2D eigenvalue weighted by molar-refractivity contribution is 5.88. The van der Waals surface area contributed by atoms with Gasteiger partial charge in [0.2, 0.25) is 0 Å². The summed E-state index contributed by atoms with van der Waals surface area (Å²) >= 11 is 0. The van der Waals surface area contributed by atoms with Gasteiger partial charge in [0.05, 0.1) is 6.10 Å². The standard InChI is InChI=1S/C34H39NO10/c1-7-8-11-27(38)44-26-16-24-32(4,13-12-25(42-20(3)37)33(24,5)18-41-19(2)36)30-29(39)28-23(45-34(26,30)6)15-22(43-31(28)40)21-10-9-14-35-17-21/h9-10,14-15,17,24-26,29-30,39H,7,12-13,16,18H2,1-6H3/t24?,25-,26-,29-,30?,32-,33-,34+/m0/s1. The van der Waals surface area contributed by atoms with Gasteiger partial charge in [-0.1, -0.05) is 26.7 Å². The molecule has 1 aliphatic heterocycles. The van der Waals surface area contributed by atoms with E-state index < -0.39 is 70.1 Å². The molecule has 240 valence electrons. The predicted octanol–water partition coefficient (Wildman–Crippen LogP) is 4.15. The van der Waals surface area contributed by atoms with Crippen LogP contribution in [-0.2, 0) is 28.6 Å². The summed E-state index contributed by atoms with van der Waals surface area (Å²) in [4.78, 5) is 54.8. The van der Waals surface area contributed by atoms with Gasteiger partial charge in [-0.05, 0) is 49.7 Å². The third-order valence-corrected chi connectivity index (χ3v) is 10.0. The fraction of sp³-hybridized carbons (Fsp3) is 0.559. The van der Waals surface area contributed by atoms with E-state index in [4.69, 9.17) is 23.4 Å². The second kappa shape index (κ2) is 12.0. The van der Waals surface area contributed by atoms with Gasteiger partial charge in [-0.2, -0.15) is 0 Å². The fourth-order valence-electron chi connectivity index (χ4n) is 8.16. The molecule has 0 bridgehead atoms. The van der Waals surface area contributed by atoms with Crippen molar-refractivity contribution in [3.63, 3.8) is 0 Å². The largest absolute Gasteiger partial charge is 0.482 e. The van der Waals surface area contributed by atoms with Crippen molar-refractivity contribution in [1.29, 1.82) is 0 Å². The molecule has 2 saturated carbocycles. The quantitative estimate of drug-likeness (QED) is 0.222. The van der Waals surface area contributed by atoms with Crippen molar-refractivity contribution in [3.05, 3.63) is 46.6 Å². The number of hydrogen-bond donors (Lipinski definition) is 1. The van der Waals surface area contributed by atoms with Crippen molar-refractivity contribution in [1.82, 2.24) is 4.98 Å². The number of ether oxygens (including phenoxy) is 4. The number of nitrogens with zero attached hydrogens (tertiary/aromatic N) is 1. The van der Waals surface area contributed by atoms with Crippen LogP contribution < -0.4 is 10.4 Å². The van der Waals surface area contributed by atoms with Crippen LogP contribution >= 0.6 is 0 Å². The average Bonchev–Trinajstić information content (AvgIpc) is 2.97. The number of carbonyl (C=O) groups is 3. The minimum absolute atomic E-state index is 0.0355. The molecule has 2 aliphatic carbocycles. The lowest BCUT2D eigenvalue weighted by Crippen LogP contribution is -2.71. The summed E-state index contributed by atoms with van der Waals surface area (Å²) in [6, 6.07) is 4.98. The molecule has 1 N–H and O–H groups in total. The Labute approximate surface area is 261 Å². The fourth-order valence-corrected chi connectivity index (χ4v) is 8.16. The molecule has 0 spiro atoms. The number of fused-ring (bicyclic) bond motifs is 4. The predicted molar refractivity (Wildman–Crippen MR) is 159 cm³/mol. The maximum Gasteiger partial charge on any atom is 0.384 e. The Hall–Kier alpha value is -4.17. The van der Waals surface area contributed by atoms with Gasteiger partial charge in [-0.25, -0.2) is 9.59 Å². The summed E-state index contributed by atoms with van der Waals surface area (Å²) in [7, 11) is 0. The number of aliphatic hydroxyl groups is 1. The van der Waals surface area contributed by atoms with Crippen LogP contribution in [0.1, 0.15) is 78.9 Å². The van der Waals surface area contributed by atoms with Crippen molar-refractivity contribution in [3.8, 4) is 28.9 Å². The molecule has 2 fully saturated rings. The third-order valence-electron chi connectivity index (χ3n) is 10.0. The molecule has 2 aromatic heterocycles. The summed E-state index contributed by atoms with van der Waals surface area (Å²) < 4.78 is 29.7. The molecule has 11 heteroatoms. The van der Waals surface area contributed by atoms with Crippen molar-refractivity contribution in [2.75, 3.05) is 6.61 Å². The third kappa shape index (κ3) is 5.61. The van der Waals surface area contributed by atoms with E-state index >= 15 is 0 Å². The zero-order chi connectivity index (χ0) is 32.7. The number of carbonyl (C=O) groups excluding carboxylic acids is 3. The van der Waals surface area contributed by atoms with Crippen LogP contribution in [0.25, 0.3) is 11.3 Å². The number of aromatic nitrogens is 1. The molecule has 5 rings (SSSR count). The van der Waals surface area contributed by atoms with Crippen LogP contribution in [-0.4, -0.2) is 52.4 Å². The molecule has 11 nitrogen and oxygen atoms in total. The van der Waals surface area contributed by atoms with E-state index in [1.54, 1.807) is 37.5 Å². The van der Waals surface area contributed by atoms with Crippen LogP contribution in [0.5, 0.6) is 5.75 Å². The Balaban J connectivity index is 1.67. The Kier molecular flexibility index (Phi) is 8.57. The average molecular weight is 622 g/mol. The lowest BCUT2D eigenvalue weighted by molar-refractivity contribution is -0.270. The highest BCUT2D eigenvalue weighted by Gasteiger charge is 2.71. The van der Waals surface area contributed by atoms with E-state index in [0.717, 1.165) is 0 Å². The van der Waals surface area contributed by atoms with Gasteiger partial charge in [0.25, 0.3) is 0 Å². The molecule has 0 aromatic carbocycles. The van der Waals surface area contributed by atoms with E-state index in [0.29, 0.717) is 24.8 Å². The lowest BCUT2D eigenvalue weighted by Gasteiger charge is -2.66. The van der Waals surface area contributed by atoms with Gasteiger partial charge in [0, 0.05) is 61.5 Å². The van der Waals surface area contributed by atoms with E-state index in [1.807, 2.05) is 20.8 Å². The molecule has 3 aliphatic rings. The summed E-state index contributed by atoms with van der Waals surface area (Å²) in [6.45, 7) is 10.0. The van der Waals surface area contributed by atoms with Gasteiger partial charge in [-0.15, -0.1) is 0 Å².